The summed E-state index contributed by atoms with van der Waals surface area (Å²) in [4.78, 5) is 23.9. The van der Waals surface area contributed by atoms with Crippen molar-refractivity contribution in [1.29, 1.82) is 0 Å². The lowest BCUT2D eigenvalue weighted by Crippen LogP contribution is -2.25. The zero-order valence-electron chi connectivity index (χ0n) is 15.4. The monoisotopic (exact) mass is 366 g/mol. The Morgan fingerprint density at radius 2 is 1.70 bits per heavy atom. The number of carbonyl (C=O) groups excluding carboxylic acids is 2. The highest BCUT2D eigenvalue weighted by atomic mass is 16.5. The topological polar surface area (TPSA) is 67.4 Å². The smallest absolute Gasteiger partial charge is 0.251 e. The molecule has 3 rings (SSSR count). The highest BCUT2D eigenvalue weighted by Gasteiger charge is 2.29. The van der Waals surface area contributed by atoms with E-state index in [9.17, 15) is 9.59 Å². The summed E-state index contributed by atoms with van der Waals surface area (Å²) in [6.45, 7) is 1.88. The number of ether oxygens (including phenoxy) is 1. The van der Waals surface area contributed by atoms with Gasteiger partial charge < -0.3 is 15.4 Å². The molecule has 0 spiro atoms. The average molecular weight is 366 g/mol. The molecule has 1 fully saturated rings. The van der Waals surface area contributed by atoms with Crippen LogP contribution in [0.4, 0.5) is 5.69 Å². The van der Waals surface area contributed by atoms with Crippen molar-refractivity contribution in [2.75, 3.05) is 25.1 Å². The van der Waals surface area contributed by atoms with Crippen molar-refractivity contribution < 1.29 is 14.3 Å². The molecule has 0 radical (unpaired) electrons. The first-order chi connectivity index (χ1) is 13.2. The molecule has 1 aliphatic carbocycles. The standard InChI is InChI=1S/C22H26N2O3/c25-21(18-9-11-20(12-10-18)24-22(26)19-7-8-19)23-14-4-15-27-16-13-17-5-2-1-3-6-17/h1-3,5-6,9-12,19H,4,7-8,13-16H2,(H,23,25)(H,24,26). The van der Waals surface area contributed by atoms with Gasteiger partial charge in [0.2, 0.25) is 5.91 Å². The minimum atomic E-state index is -0.112. The van der Waals surface area contributed by atoms with Crippen molar-refractivity contribution in [3.05, 3.63) is 65.7 Å². The SMILES string of the molecule is O=C(NCCCOCCc1ccccc1)c1ccc(NC(=O)C2CC2)cc1. The van der Waals surface area contributed by atoms with E-state index in [1.807, 2.05) is 18.2 Å². The van der Waals surface area contributed by atoms with E-state index in [2.05, 4.69) is 22.8 Å². The van der Waals surface area contributed by atoms with Gasteiger partial charge in [0.25, 0.3) is 5.91 Å². The van der Waals surface area contributed by atoms with Crippen LogP contribution in [0.15, 0.2) is 54.6 Å². The summed E-state index contributed by atoms with van der Waals surface area (Å²) in [5.41, 5.74) is 2.59. The summed E-state index contributed by atoms with van der Waals surface area (Å²) < 4.78 is 5.61. The first-order valence-corrected chi connectivity index (χ1v) is 9.53. The van der Waals surface area contributed by atoms with Crippen LogP contribution in [0, 0.1) is 5.92 Å². The molecule has 2 aromatic carbocycles. The molecular formula is C22H26N2O3. The van der Waals surface area contributed by atoms with Gasteiger partial charge >= 0.3 is 0 Å². The van der Waals surface area contributed by atoms with Gasteiger partial charge in [-0.2, -0.15) is 0 Å². The maximum absolute atomic E-state index is 12.1. The van der Waals surface area contributed by atoms with Gasteiger partial charge in [-0.3, -0.25) is 9.59 Å². The summed E-state index contributed by atoms with van der Waals surface area (Å²) in [5.74, 6) is 0.127. The van der Waals surface area contributed by atoms with Crippen molar-refractivity contribution in [2.45, 2.75) is 25.7 Å². The van der Waals surface area contributed by atoms with E-state index in [1.54, 1.807) is 24.3 Å². The van der Waals surface area contributed by atoms with Crippen LogP contribution in [0.3, 0.4) is 0 Å². The number of carbonyl (C=O) groups is 2. The second-order valence-corrected chi connectivity index (χ2v) is 6.80. The van der Waals surface area contributed by atoms with Crippen molar-refractivity contribution in [3.8, 4) is 0 Å². The van der Waals surface area contributed by atoms with E-state index in [4.69, 9.17) is 4.74 Å². The van der Waals surface area contributed by atoms with Gasteiger partial charge in [0.1, 0.15) is 0 Å². The number of nitrogens with one attached hydrogen (secondary N) is 2. The Balaban J connectivity index is 1.28. The molecule has 0 unspecified atom stereocenters. The maximum Gasteiger partial charge on any atom is 0.251 e. The molecule has 0 atom stereocenters. The van der Waals surface area contributed by atoms with Gasteiger partial charge in [0, 0.05) is 30.3 Å². The highest BCUT2D eigenvalue weighted by molar-refractivity contribution is 5.96. The minimum absolute atomic E-state index is 0.0689. The molecule has 0 aromatic heterocycles. The van der Waals surface area contributed by atoms with Gasteiger partial charge in [0.15, 0.2) is 0 Å². The molecule has 2 N–H and O–H groups in total. The Morgan fingerprint density at radius 1 is 0.963 bits per heavy atom. The van der Waals surface area contributed by atoms with Crippen LogP contribution >= 0.6 is 0 Å². The molecule has 0 heterocycles. The third-order valence-corrected chi connectivity index (χ3v) is 4.49. The van der Waals surface area contributed by atoms with Crippen molar-refractivity contribution in [1.82, 2.24) is 5.32 Å². The number of rotatable bonds is 10. The number of hydrogen-bond acceptors (Lipinski definition) is 3. The van der Waals surface area contributed by atoms with E-state index in [0.717, 1.165) is 31.4 Å². The van der Waals surface area contributed by atoms with Crippen LogP contribution < -0.4 is 10.6 Å². The Bertz CT molecular complexity index is 740. The van der Waals surface area contributed by atoms with Gasteiger partial charge in [-0.15, -0.1) is 0 Å². The van der Waals surface area contributed by atoms with Crippen LogP contribution in [-0.4, -0.2) is 31.6 Å². The van der Waals surface area contributed by atoms with Crippen LogP contribution in [-0.2, 0) is 16.0 Å². The highest BCUT2D eigenvalue weighted by Crippen LogP contribution is 2.30. The lowest BCUT2D eigenvalue weighted by Gasteiger charge is -2.08. The van der Waals surface area contributed by atoms with E-state index in [1.165, 1.54) is 5.56 Å². The Hall–Kier alpha value is -2.66. The third-order valence-electron chi connectivity index (χ3n) is 4.49. The Morgan fingerprint density at radius 3 is 2.41 bits per heavy atom. The summed E-state index contributed by atoms with van der Waals surface area (Å²) in [6.07, 6.45) is 3.62. The first-order valence-electron chi connectivity index (χ1n) is 9.53. The second kappa shape index (κ2) is 9.88. The van der Waals surface area contributed by atoms with E-state index in [-0.39, 0.29) is 17.7 Å². The molecule has 2 amide bonds. The predicted octanol–water partition coefficient (Wildman–Crippen LogP) is 3.41. The number of benzene rings is 2. The van der Waals surface area contributed by atoms with Crippen LogP contribution in [0.5, 0.6) is 0 Å². The Labute approximate surface area is 160 Å². The predicted molar refractivity (Wildman–Crippen MR) is 106 cm³/mol. The quantitative estimate of drug-likeness (QED) is 0.633. The summed E-state index contributed by atoms with van der Waals surface area (Å²) in [6, 6.07) is 17.2. The Kier molecular flexibility index (Phi) is 6.99. The lowest BCUT2D eigenvalue weighted by atomic mass is 10.2. The van der Waals surface area contributed by atoms with Gasteiger partial charge in [0.05, 0.1) is 6.61 Å². The molecule has 142 valence electrons. The number of hydrogen-bond donors (Lipinski definition) is 2. The fourth-order valence-corrected chi connectivity index (χ4v) is 2.71. The zero-order valence-corrected chi connectivity index (χ0v) is 15.4. The fraction of sp³-hybridized carbons (Fsp3) is 0.364. The van der Waals surface area contributed by atoms with E-state index < -0.39 is 0 Å². The van der Waals surface area contributed by atoms with E-state index >= 15 is 0 Å². The van der Waals surface area contributed by atoms with Crippen LogP contribution in [0.2, 0.25) is 0 Å². The molecule has 2 aromatic rings. The molecule has 1 saturated carbocycles. The largest absolute Gasteiger partial charge is 0.381 e. The fourth-order valence-electron chi connectivity index (χ4n) is 2.71. The molecule has 5 heteroatoms. The number of amides is 2. The number of anilines is 1. The lowest BCUT2D eigenvalue weighted by molar-refractivity contribution is -0.117. The average Bonchev–Trinajstić information content (AvgIpc) is 3.54. The van der Waals surface area contributed by atoms with Crippen molar-refractivity contribution >= 4 is 17.5 Å². The van der Waals surface area contributed by atoms with Crippen LogP contribution in [0.25, 0.3) is 0 Å². The third kappa shape index (κ3) is 6.53. The minimum Gasteiger partial charge on any atom is -0.381 e. The molecule has 27 heavy (non-hydrogen) atoms. The van der Waals surface area contributed by atoms with Gasteiger partial charge in [-0.25, -0.2) is 0 Å². The zero-order chi connectivity index (χ0) is 18.9. The molecule has 0 bridgehead atoms. The first kappa shape index (κ1) is 19.1. The van der Waals surface area contributed by atoms with Gasteiger partial charge in [-0.1, -0.05) is 30.3 Å². The van der Waals surface area contributed by atoms with Crippen molar-refractivity contribution in [3.63, 3.8) is 0 Å². The van der Waals surface area contributed by atoms with Gasteiger partial charge in [-0.05, 0) is 55.5 Å². The molecule has 0 aliphatic heterocycles. The summed E-state index contributed by atoms with van der Waals surface area (Å²) in [7, 11) is 0. The second-order valence-electron chi connectivity index (χ2n) is 6.80. The molecule has 1 aliphatic rings. The summed E-state index contributed by atoms with van der Waals surface area (Å²) in [5, 5.41) is 5.76. The normalized spacial score (nSPS) is 13.2. The molecule has 0 saturated heterocycles. The van der Waals surface area contributed by atoms with Crippen molar-refractivity contribution in [2.24, 2.45) is 5.92 Å². The van der Waals surface area contributed by atoms with E-state index in [0.29, 0.717) is 25.3 Å². The summed E-state index contributed by atoms with van der Waals surface area (Å²) >= 11 is 0. The van der Waals surface area contributed by atoms with Crippen LogP contribution in [0.1, 0.15) is 35.2 Å². The molecular weight excluding hydrogens is 340 g/mol. The molecule has 5 nitrogen and oxygen atoms in total. The maximum atomic E-state index is 12.1.